The average molecular weight is 412 g/mol. The molecule has 2 heterocycles. The maximum absolute atomic E-state index is 13.2. The molecule has 0 aliphatic carbocycles. The predicted molar refractivity (Wildman–Crippen MR) is 108 cm³/mol. The summed E-state index contributed by atoms with van der Waals surface area (Å²) in [5.74, 6) is 0.992. The molecule has 1 aromatic carbocycles. The molecule has 0 spiro atoms. The second-order valence-corrected chi connectivity index (χ2v) is 7.26. The lowest BCUT2D eigenvalue weighted by Gasteiger charge is -2.23. The smallest absolute Gasteiger partial charge is 0.294 e. The number of halogens is 2. The molecule has 2 aromatic rings. The van der Waals surface area contributed by atoms with E-state index < -0.39 is 0 Å². The molecule has 1 aliphatic rings. The summed E-state index contributed by atoms with van der Waals surface area (Å²) in [4.78, 5) is 19.4. The van der Waals surface area contributed by atoms with Gasteiger partial charge in [0.05, 0.1) is 17.8 Å². The Bertz CT molecular complexity index is 885. The van der Waals surface area contributed by atoms with Crippen molar-refractivity contribution in [3.63, 3.8) is 0 Å². The molecule has 1 aromatic heterocycles. The Kier molecular flexibility index (Phi) is 6.29. The number of anilines is 2. The van der Waals surface area contributed by atoms with Crippen LogP contribution >= 0.6 is 23.2 Å². The molecule has 1 aliphatic heterocycles. The summed E-state index contributed by atoms with van der Waals surface area (Å²) < 4.78 is 12.1. The van der Waals surface area contributed by atoms with Crippen LogP contribution in [-0.4, -0.2) is 36.9 Å². The lowest BCUT2D eigenvalue weighted by molar-refractivity contribution is 0.176. The Hall–Kier alpha value is -1.76. The molecule has 3 rings (SSSR count). The van der Waals surface area contributed by atoms with Gasteiger partial charge in [0.2, 0.25) is 5.82 Å². The lowest BCUT2D eigenvalue weighted by Crippen LogP contribution is -2.32. The van der Waals surface area contributed by atoms with Crippen LogP contribution in [0.2, 0.25) is 10.2 Å². The summed E-state index contributed by atoms with van der Waals surface area (Å²) in [6.45, 7) is 3.22. The molecule has 146 valence electrons. The SMILES string of the molecule is CCC(CCOC)n1cc(Cl)nc(N2CCc3cc(OC)cc(Cl)c32)c1=O. The Morgan fingerprint density at radius 3 is 2.74 bits per heavy atom. The van der Waals surface area contributed by atoms with Gasteiger partial charge in [-0.1, -0.05) is 30.1 Å². The molecule has 0 amide bonds. The van der Waals surface area contributed by atoms with Crippen molar-refractivity contribution in [3.8, 4) is 5.75 Å². The van der Waals surface area contributed by atoms with Crippen LogP contribution in [0.25, 0.3) is 0 Å². The van der Waals surface area contributed by atoms with Crippen LogP contribution in [-0.2, 0) is 11.2 Å². The first-order valence-electron chi connectivity index (χ1n) is 8.91. The monoisotopic (exact) mass is 411 g/mol. The van der Waals surface area contributed by atoms with E-state index in [4.69, 9.17) is 32.7 Å². The molecule has 0 fully saturated rings. The van der Waals surface area contributed by atoms with Crippen LogP contribution < -0.4 is 15.2 Å². The summed E-state index contributed by atoms with van der Waals surface area (Å²) in [6, 6.07) is 3.68. The van der Waals surface area contributed by atoms with Gasteiger partial charge in [0, 0.05) is 38.6 Å². The van der Waals surface area contributed by atoms with E-state index in [-0.39, 0.29) is 16.8 Å². The molecule has 0 bridgehead atoms. The minimum Gasteiger partial charge on any atom is -0.497 e. The second kappa shape index (κ2) is 8.50. The third kappa shape index (κ3) is 3.93. The van der Waals surface area contributed by atoms with E-state index in [1.165, 1.54) is 0 Å². The minimum atomic E-state index is -0.179. The van der Waals surface area contributed by atoms with Gasteiger partial charge >= 0.3 is 0 Å². The first kappa shape index (κ1) is 20.0. The fraction of sp³-hybridized carbons (Fsp3) is 0.474. The Labute approximate surface area is 168 Å². The number of ether oxygens (including phenoxy) is 2. The molecule has 0 saturated carbocycles. The molecule has 0 saturated heterocycles. The zero-order chi connectivity index (χ0) is 19.6. The highest BCUT2D eigenvalue weighted by Crippen LogP contribution is 2.41. The topological polar surface area (TPSA) is 56.6 Å². The van der Waals surface area contributed by atoms with Crippen LogP contribution in [0, 0.1) is 0 Å². The number of hydrogen-bond acceptors (Lipinski definition) is 5. The van der Waals surface area contributed by atoms with Crippen molar-refractivity contribution in [2.24, 2.45) is 0 Å². The number of hydrogen-bond donors (Lipinski definition) is 0. The second-order valence-electron chi connectivity index (χ2n) is 6.46. The fourth-order valence-corrected chi connectivity index (χ4v) is 4.02. The molecular weight excluding hydrogens is 389 g/mol. The zero-order valence-corrected chi connectivity index (χ0v) is 17.2. The summed E-state index contributed by atoms with van der Waals surface area (Å²) in [7, 11) is 3.25. The van der Waals surface area contributed by atoms with E-state index >= 15 is 0 Å². The first-order valence-corrected chi connectivity index (χ1v) is 9.67. The molecule has 0 radical (unpaired) electrons. The molecule has 27 heavy (non-hydrogen) atoms. The summed E-state index contributed by atoms with van der Waals surface area (Å²) >= 11 is 12.7. The van der Waals surface area contributed by atoms with E-state index in [0.717, 1.165) is 30.5 Å². The van der Waals surface area contributed by atoms with Gasteiger partial charge in [0.25, 0.3) is 5.56 Å². The maximum Gasteiger partial charge on any atom is 0.294 e. The van der Waals surface area contributed by atoms with Crippen LogP contribution in [0.4, 0.5) is 11.5 Å². The molecular formula is C19H23Cl2N3O3. The highest BCUT2D eigenvalue weighted by molar-refractivity contribution is 6.34. The highest BCUT2D eigenvalue weighted by Gasteiger charge is 2.28. The van der Waals surface area contributed by atoms with Crippen LogP contribution in [0.1, 0.15) is 31.4 Å². The van der Waals surface area contributed by atoms with E-state index in [9.17, 15) is 4.79 Å². The third-order valence-corrected chi connectivity index (χ3v) is 5.36. The molecule has 8 heteroatoms. The summed E-state index contributed by atoms with van der Waals surface area (Å²) in [6.07, 6.45) is 3.86. The van der Waals surface area contributed by atoms with Crippen LogP contribution in [0.5, 0.6) is 5.75 Å². The first-order chi connectivity index (χ1) is 13.0. The van der Waals surface area contributed by atoms with E-state index in [1.807, 2.05) is 17.9 Å². The van der Waals surface area contributed by atoms with Gasteiger partial charge in [0.1, 0.15) is 10.9 Å². The highest BCUT2D eigenvalue weighted by atomic mass is 35.5. The quantitative estimate of drug-likeness (QED) is 0.681. The van der Waals surface area contributed by atoms with Crippen molar-refractivity contribution >= 4 is 34.7 Å². The number of nitrogens with zero attached hydrogens (tertiary/aromatic N) is 3. The van der Waals surface area contributed by atoms with Gasteiger partial charge in [0.15, 0.2) is 0 Å². The largest absolute Gasteiger partial charge is 0.497 e. The van der Waals surface area contributed by atoms with E-state index in [2.05, 4.69) is 4.98 Å². The molecule has 1 unspecified atom stereocenters. The maximum atomic E-state index is 13.2. The average Bonchev–Trinajstić information content (AvgIpc) is 3.08. The Morgan fingerprint density at radius 1 is 1.30 bits per heavy atom. The number of methoxy groups -OCH3 is 2. The van der Waals surface area contributed by atoms with Gasteiger partial charge < -0.3 is 18.9 Å². The van der Waals surface area contributed by atoms with Crippen molar-refractivity contribution in [1.29, 1.82) is 0 Å². The van der Waals surface area contributed by atoms with Gasteiger partial charge in [-0.05, 0) is 30.9 Å². The van der Waals surface area contributed by atoms with Gasteiger partial charge in [-0.2, -0.15) is 0 Å². The van der Waals surface area contributed by atoms with Crippen molar-refractivity contribution in [2.75, 3.05) is 32.3 Å². The van der Waals surface area contributed by atoms with Gasteiger partial charge in [-0.15, -0.1) is 0 Å². The summed E-state index contributed by atoms with van der Waals surface area (Å²) in [5, 5.41) is 0.805. The Morgan fingerprint density at radius 2 is 2.07 bits per heavy atom. The minimum absolute atomic E-state index is 0.00915. The predicted octanol–water partition coefficient (Wildman–Crippen LogP) is 4.24. The Balaban J connectivity index is 2.06. The molecule has 0 N–H and O–H groups in total. The number of benzene rings is 1. The fourth-order valence-electron chi connectivity index (χ4n) is 3.50. The molecule has 6 nitrogen and oxygen atoms in total. The van der Waals surface area contributed by atoms with Crippen molar-refractivity contribution in [1.82, 2.24) is 9.55 Å². The zero-order valence-electron chi connectivity index (χ0n) is 15.7. The van der Waals surface area contributed by atoms with E-state index in [1.54, 1.807) is 31.0 Å². The van der Waals surface area contributed by atoms with E-state index in [0.29, 0.717) is 29.7 Å². The van der Waals surface area contributed by atoms with Crippen molar-refractivity contribution in [2.45, 2.75) is 32.2 Å². The lowest BCUT2D eigenvalue weighted by atomic mass is 10.1. The summed E-state index contributed by atoms with van der Waals surface area (Å²) in [5.41, 5.74) is 1.64. The number of rotatable bonds is 7. The van der Waals surface area contributed by atoms with Crippen molar-refractivity contribution < 1.29 is 9.47 Å². The normalized spacial score (nSPS) is 14.3. The number of fused-ring (bicyclic) bond motifs is 1. The standard InChI is InChI=1S/C19H23Cl2N3O3/c1-4-13(6-8-26-2)24-11-16(21)22-18(19(24)25)23-7-5-12-9-14(27-3)10-15(20)17(12)23/h9-11,13H,4-8H2,1-3H3. The van der Waals surface area contributed by atoms with Crippen LogP contribution in [0.15, 0.2) is 23.1 Å². The third-order valence-electron chi connectivity index (χ3n) is 4.89. The van der Waals surface area contributed by atoms with Gasteiger partial charge in [-0.3, -0.25) is 4.79 Å². The van der Waals surface area contributed by atoms with Crippen molar-refractivity contribution in [3.05, 3.63) is 44.4 Å². The molecule has 1 atom stereocenters. The number of aromatic nitrogens is 2. The van der Waals surface area contributed by atoms with Crippen LogP contribution in [0.3, 0.4) is 0 Å². The van der Waals surface area contributed by atoms with Gasteiger partial charge in [-0.25, -0.2) is 4.98 Å².